The molecule has 1 saturated carbocycles. The summed E-state index contributed by atoms with van der Waals surface area (Å²) < 4.78 is 5.48. The Kier molecular flexibility index (Phi) is 5.67. The largest absolute Gasteiger partial charge is 0.379 e. The summed E-state index contributed by atoms with van der Waals surface area (Å²) >= 11 is 0. The minimum absolute atomic E-state index is 0.499. The first kappa shape index (κ1) is 15.3. The Labute approximate surface area is 119 Å². The van der Waals surface area contributed by atoms with E-state index in [1.54, 1.807) is 0 Å². The molecule has 2 atom stereocenters. The number of hydrogen-bond donors (Lipinski definition) is 1. The topological polar surface area (TPSA) is 24.5 Å². The minimum atomic E-state index is 0.499. The van der Waals surface area contributed by atoms with Crippen LogP contribution in [-0.2, 0) is 4.74 Å². The summed E-state index contributed by atoms with van der Waals surface area (Å²) in [4.78, 5) is 2.63. The molecule has 0 amide bonds. The molecule has 0 aromatic rings. The highest BCUT2D eigenvalue weighted by molar-refractivity contribution is 4.90. The lowest BCUT2D eigenvalue weighted by Crippen LogP contribution is -2.50. The quantitative estimate of drug-likeness (QED) is 0.829. The van der Waals surface area contributed by atoms with Crippen LogP contribution in [0.4, 0.5) is 0 Å². The summed E-state index contributed by atoms with van der Waals surface area (Å²) in [7, 11) is 0. The molecule has 2 rings (SSSR count). The molecule has 112 valence electrons. The van der Waals surface area contributed by atoms with E-state index in [9.17, 15) is 0 Å². The van der Waals surface area contributed by atoms with Gasteiger partial charge in [0.1, 0.15) is 0 Å². The number of nitrogens with one attached hydrogen (secondary N) is 1. The van der Waals surface area contributed by atoms with E-state index in [0.29, 0.717) is 11.5 Å². The van der Waals surface area contributed by atoms with Crippen LogP contribution in [0.2, 0.25) is 0 Å². The van der Waals surface area contributed by atoms with Crippen LogP contribution in [0.1, 0.15) is 46.5 Å². The van der Waals surface area contributed by atoms with Crippen LogP contribution < -0.4 is 5.32 Å². The maximum Gasteiger partial charge on any atom is 0.0594 e. The summed E-state index contributed by atoms with van der Waals surface area (Å²) in [5.74, 6) is 0.892. The van der Waals surface area contributed by atoms with Gasteiger partial charge in [0.05, 0.1) is 13.2 Å². The van der Waals surface area contributed by atoms with Gasteiger partial charge in [-0.2, -0.15) is 0 Å². The molecule has 2 aliphatic rings. The van der Waals surface area contributed by atoms with Crippen molar-refractivity contribution in [2.75, 3.05) is 39.4 Å². The molecular formula is C16H32N2O. The maximum absolute atomic E-state index is 5.48. The molecule has 0 bridgehead atoms. The zero-order valence-corrected chi connectivity index (χ0v) is 13.1. The molecule has 0 spiro atoms. The molecule has 2 fully saturated rings. The van der Waals surface area contributed by atoms with Gasteiger partial charge < -0.3 is 10.1 Å². The lowest BCUT2D eigenvalue weighted by molar-refractivity contribution is 0.00149. The monoisotopic (exact) mass is 268 g/mol. The van der Waals surface area contributed by atoms with E-state index in [1.165, 1.54) is 38.8 Å². The van der Waals surface area contributed by atoms with E-state index in [2.05, 4.69) is 31.0 Å². The smallest absolute Gasteiger partial charge is 0.0594 e. The van der Waals surface area contributed by atoms with Crippen molar-refractivity contribution >= 4 is 0 Å². The fraction of sp³-hybridized carbons (Fsp3) is 1.00. The Bertz CT molecular complexity index is 263. The van der Waals surface area contributed by atoms with Crippen molar-refractivity contribution in [1.29, 1.82) is 0 Å². The molecule has 2 unspecified atom stereocenters. The standard InChI is InChI=1S/C16H32N2O/c1-14(2)17-12-16(6-4-5-15(3)11-16)13-18-7-9-19-10-8-18/h14-15,17H,4-13H2,1-3H3. The van der Waals surface area contributed by atoms with Crippen LogP contribution in [0.3, 0.4) is 0 Å². The number of morpholine rings is 1. The number of nitrogens with zero attached hydrogens (tertiary/aromatic N) is 1. The zero-order chi connectivity index (χ0) is 13.7. The third-order valence-electron chi connectivity index (χ3n) is 4.73. The van der Waals surface area contributed by atoms with Crippen molar-refractivity contribution < 1.29 is 4.74 Å². The molecular weight excluding hydrogens is 236 g/mol. The Morgan fingerprint density at radius 3 is 2.68 bits per heavy atom. The summed E-state index contributed by atoms with van der Waals surface area (Å²) in [5, 5.41) is 3.71. The fourth-order valence-electron chi connectivity index (χ4n) is 3.78. The first-order chi connectivity index (χ1) is 9.10. The average Bonchev–Trinajstić information content (AvgIpc) is 2.38. The van der Waals surface area contributed by atoms with Gasteiger partial charge in [0.25, 0.3) is 0 Å². The molecule has 0 aromatic carbocycles. The molecule has 1 heterocycles. The van der Waals surface area contributed by atoms with Gasteiger partial charge in [0, 0.05) is 32.2 Å². The highest BCUT2D eigenvalue weighted by Crippen LogP contribution is 2.39. The Morgan fingerprint density at radius 2 is 2.05 bits per heavy atom. The van der Waals surface area contributed by atoms with Crippen LogP contribution >= 0.6 is 0 Å². The van der Waals surface area contributed by atoms with Crippen LogP contribution in [0.15, 0.2) is 0 Å². The second kappa shape index (κ2) is 7.05. The van der Waals surface area contributed by atoms with Crippen molar-refractivity contribution in [2.45, 2.75) is 52.5 Å². The summed E-state index contributed by atoms with van der Waals surface area (Å²) in [6.07, 6.45) is 5.62. The normalized spacial score (nSPS) is 33.8. The number of rotatable bonds is 5. The van der Waals surface area contributed by atoms with Crippen molar-refractivity contribution in [3.8, 4) is 0 Å². The SMILES string of the molecule is CC1CCCC(CNC(C)C)(CN2CCOCC2)C1. The van der Waals surface area contributed by atoms with Gasteiger partial charge in [-0.25, -0.2) is 0 Å². The summed E-state index contributed by atoms with van der Waals surface area (Å²) in [5.41, 5.74) is 0.499. The predicted octanol–water partition coefficient (Wildman–Crippen LogP) is 2.51. The molecule has 0 radical (unpaired) electrons. The van der Waals surface area contributed by atoms with Crippen molar-refractivity contribution in [3.63, 3.8) is 0 Å². The Hall–Kier alpha value is -0.120. The van der Waals surface area contributed by atoms with E-state index in [-0.39, 0.29) is 0 Å². The van der Waals surface area contributed by atoms with Crippen LogP contribution in [0.25, 0.3) is 0 Å². The second-order valence-corrected chi connectivity index (χ2v) is 7.13. The van der Waals surface area contributed by atoms with Crippen molar-refractivity contribution in [1.82, 2.24) is 10.2 Å². The predicted molar refractivity (Wildman–Crippen MR) is 80.5 cm³/mol. The molecule has 3 heteroatoms. The molecule has 1 saturated heterocycles. The van der Waals surface area contributed by atoms with Crippen LogP contribution in [0.5, 0.6) is 0 Å². The average molecular weight is 268 g/mol. The highest BCUT2D eigenvalue weighted by Gasteiger charge is 2.36. The first-order valence-electron chi connectivity index (χ1n) is 8.13. The molecule has 1 N–H and O–H groups in total. The van der Waals surface area contributed by atoms with Gasteiger partial charge >= 0.3 is 0 Å². The molecule has 1 aliphatic carbocycles. The van der Waals surface area contributed by atoms with Gasteiger partial charge in [-0.3, -0.25) is 4.90 Å². The lowest BCUT2D eigenvalue weighted by Gasteiger charge is -2.44. The van der Waals surface area contributed by atoms with Crippen molar-refractivity contribution in [3.05, 3.63) is 0 Å². The van der Waals surface area contributed by atoms with Gasteiger partial charge in [0.15, 0.2) is 0 Å². The number of hydrogen-bond acceptors (Lipinski definition) is 3. The summed E-state index contributed by atoms with van der Waals surface area (Å²) in [6.45, 7) is 13.5. The Morgan fingerprint density at radius 1 is 1.32 bits per heavy atom. The zero-order valence-electron chi connectivity index (χ0n) is 13.1. The van der Waals surface area contributed by atoms with Crippen LogP contribution in [-0.4, -0.2) is 50.3 Å². The Balaban J connectivity index is 1.95. The third-order valence-corrected chi connectivity index (χ3v) is 4.73. The van der Waals surface area contributed by atoms with E-state index in [4.69, 9.17) is 4.74 Å². The molecule has 19 heavy (non-hydrogen) atoms. The van der Waals surface area contributed by atoms with E-state index < -0.39 is 0 Å². The number of ether oxygens (including phenoxy) is 1. The van der Waals surface area contributed by atoms with Crippen LogP contribution in [0, 0.1) is 11.3 Å². The van der Waals surface area contributed by atoms with Gasteiger partial charge in [-0.05, 0) is 24.2 Å². The maximum atomic E-state index is 5.48. The first-order valence-corrected chi connectivity index (χ1v) is 8.13. The van der Waals surface area contributed by atoms with E-state index >= 15 is 0 Å². The molecule has 3 nitrogen and oxygen atoms in total. The third kappa shape index (κ3) is 4.73. The highest BCUT2D eigenvalue weighted by atomic mass is 16.5. The van der Waals surface area contributed by atoms with Gasteiger partial charge in [0.2, 0.25) is 0 Å². The summed E-state index contributed by atoms with van der Waals surface area (Å²) in [6, 6.07) is 0.596. The van der Waals surface area contributed by atoms with E-state index in [1.807, 2.05) is 0 Å². The van der Waals surface area contributed by atoms with E-state index in [0.717, 1.165) is 32.2 Å². The van der Waals surface area contributed by atoms with Gasteiger partial charge in [-0.1, -0.05) is 33.6 Å². The molecule has 1 aliphatic heterocycles. The fourth-order valence-corrected chi connectivity index (χ4v) is 3.78. The second-order valence-electron chi connectivity index (χ2n) is 7.13. The minimum Gasteiger partial charge on any atom is -0.379 e. The van der Waals surface area contributed by atoms with Crippen molar-refractivity contribution in [2.24, 2.45) is 11.3 Å². The molecule has 0 aromatic heterocycles. The lowest BCUT2D eigenvalue weighted by atomic mass is 9.69. The van der Waals surface area contributed by atoms with Gasteiger partial charge in [-0.15, -0.1) is 0 Å².